The number of nitrogens with one attached hydrogen (secondary N) is 2. The average Bonchev–Trinajstić information content (AvgIpc) is 3.06. The molecule has 2 N–H and O–H groups in total. The second-order valence-electron chi connectivity index (χ2n) is 5.33. The van der Waals surface area contributed by atoms with Gasteiger partial charge in [0.2, 0.25) is 0 Å². The summed E-state index contributed by atoms with van der Waals surface area (Å²) in [6, 6.07) is 13.8. The number of H-pyrrole nitrogens is 1. The summed E-state index contributed by atoms with van der Waals surface area (Å²) in [5, 5.41) is 10.5. The fourth-order valence-corrected chi connectivity index (χ4v) is 2.53. The molecule has 2 aromatic carbocycles. The van der Waals surface area contributed by atoms with Crippen LogP contribution in [0.2, 0.25) is 0 Å². The number of benzene rings is 2. The van der Waals surface area contributed by atoms with Gasteiger partial charge >= 0.3 is 0 Å². The predicted molar refractivity (Wildman–Crippen MR) is 93.4 cm³/mol. The summed E-state index contributed by atoms with van der Waals surface area (Å²) < 4.78 is 10.8. The van der Waals surface area contributed by atoms with E-state index in [1.165, 1.54) is 0 Å². The Kier molecular flexibility index (Phi) is 4.65. The number of hydrogen-bond donors (Lipinski definition) is 2. The molecule has 3 aromatic rings. The minimum absolute atomic E-state index is 0.622. The minimum Gasteiger partial charge on any atom is -0.493 e. The Morgan fingerprint density at radius 3 is 2.62 bits per heavy atom. The Bertz CT molecular complexity index is 829. The number of para-hydroxylation sites is 1. The molecule has 124 valence electrons. The molecule has 0 aliphatic heterocycles. The van der Waals surface area contributed by atoms with Crippen molar-refractivity contribution in [3.05, 3.63) is 53.9 Å². The SMILES string of the molecule is COc1cccc(CNc2cccc(-c3n[nH]c(C)n3)c2)c1OC. The second kappa shape index (κ2) is 7.04. The molecule has 0 spiro atoms. The van der Waals surface area contributed by atoms with Crippen LogP contribution >= 0.6 is 0 Å². The smallest absolute Gasteiger partial charge is 0.181 e. The Morgan fingerprint density at radius 2 is 1.92 bits per heavy atom. The fraction of sp³-hybridized carbons (Fsp3) is 0.222. The van der Waals surface area contributed by atoms with Crippen LogP contribution in [-0.4, -0.2) is 29.4 Å². The number of ether oxygens (including phenoxy) is 2. The van der Waals surface area contributed by atoms with E-state index < -0.39 is 0 Å². The van der Waals surface area contributed by atoms with E-state index >= 15 is 0 Å². The summed E-state index contributed by atoms with van der Waals surface area (Å²) in [6.45, 7) is 2.50. The quantitative estimate of drug-likeness (QED) is 0.727. The zero-order valence-electron chi connectivity index (χ0n) is 14.0. The highest BCUT2D eigenvalue weighted by Gasteiger charge is 2.09. The number of methoxy groups -OCH3 is 2. The first-order valence-electron chi connectivity index (χ1n) is 7.64. The summed E-state index contributed by atoms with van der Waals surface area (Å²) in [5.74, 6) is 2.95. The van der Waals surface area contributed by atoms with Gasteiger partial charge in [0.15, 0.2) is 17.3 Å². The van der Waals surface area contributed by atoms with Crippen molar-refractivity contribution in [2.45, 2.75) is 13.5 Å². The van der Waals surface area contributed by atoms with E-state index in [4.69, 9.17) is 9.47 Å². The maximum Gasteiger partial charge on any atom is 0.181 e. The Morgan fingerprint density at radius 1 is 1.08 bits per heavy atom. The average molecular weight is 324 g/mol. The van der Waals surface area contributed by atoms with Crippen molar-refractivity contribution in [3.63, 3.8) is 0 Å². The lowest BCUT2D eigenvalue weighted by atomic mass is 10.1. The molecular formula is C18H20N4O2. The molecular weight excluding hydrogens is 304 g/mol. The van der Waals surface area contributed by atoms with Crippen molar-refractivity contribution < 1.29 is 9.47 Å². The van der Waals surface area contributed by atoms with Gasteiger partial charge in [-0.1, -0.05) is 24.3 Å². The van der Waals surface area contributed by atoms with Crippen LogP contribution in [0.1, 0.15) is 11.4 Å². The highest BCUT2D eigenvalue weighted by molar-refractivity contribution is 5.62. The number of aromatic amines is 1. The molecule has 0 unspecified atom stereocenters. The molecule has 1 aromatic heterocycles. The number of hydrogen-bond acceptors (Lipinski definition) is 5. The standard InChI is InChI=1S/C18H20N4O2/c1-12-20-18(22-21-12)13-6-4-8-15(10-13)19-11-14-7-5-9-16(23-2)17(14)24-3/h4-10,19H,11H2,1-3H3,(H,20,21,22). The first-order valence-corrected chi connectivity index (χ1v) is 7.64. The van der Waals surface area contributed by atoms with E-state index in [1.807, 2.05) is 49.4 Å². The fourth-order valence-electron chi connectivity index (χ4n) is 2.53. The first-order chi connectivity index (χ1) is 11.7. The maximum absolute atomic E-state index is 5.46. The molecule has 0 amide bonds. The lowest BCUT2D eigenvalue weighted by Crippen LogP contribution is -2.03. The van der Waals surface area contributed by atoms with E-state index in [-0.39, 0.29) is 0 Å². The Balaban J connectivity index is 1.78. The molecule has 0 fully saturated rings. The molecule has 0 saturated heterocycles. The van der Waals surface area contributed by atoms with Crippen molar-refractivity contribution >= 4 is 5.69 Å². The van der Waals surface area contributed by atoms with Crippen LogP contribution in [-0.2, 0) is 6.54 Å². The normalized spacial score (nSPS) is 10.5. The molecule has 6 nitrogen and oxygen atoms in total. The summed E-state index contributed by atoms with van der Waals surface area (Å²) in [7, 11) is 3.28. The van der Waals surface area contributed by atoms with Gasteiger partial charge < -0.3 is 14.8 Å². The number of aryl methyl sites for hydroxylation is 1. The van der Waals surface area contributed by atoms with E-state index in [0.717, 1.165) is 34.1 Å². The topological polar surface area (TPSA) is 72.1 Å². The van der Waals surface area contributed by atoms with Gasteiger partial charge in [-0.15, -0.1) is 0 Å². The van der Waals surface area contributed by atoms with Gasteiger partial charge in [-0.05, 0) is 25.1 Å². The van der Waals surface area contributed by atoms with Gasteiger partial charge in [0, 0.05) is 23.4 Å². The van der Waals surface area contributed by atoms with E-state index in [0.29, 0.717) is 12.4 Å². The van der Waals surface area contributed by atoms with Crippen LogP contribution in [0, 0.1) is 6.92 Å². The van der Waals surface area contributed by atoms with Gasteiger partial charge in [0.1, 0.15) is 5.82 Å². The van der Waals surface area contributed by atoms with Gasteiger partial charge in [-0.2, -0.15) is 5.10 Å². The third-order valence-electron chi connectivity index (χ3n) is 3.69. The molecule has 0 atom stereocenters. The van der Waals surface area contributed by atoms with Crippen LogP contribution < -0.4 is 14.8 Å². The van der Waals surface area contributed by atoms with Crippen LogP contribution in [0.4, 0.5) is 5.69 Å². The zero-order chi connectivity index (χ0) is 16.9. The lowest BCUT2D eigenvalue weighted by molar-refractivity contribution is 0.352. The summed E-state index contributed by atoms with van der Waals surface area (Å²) in [4.78, 5) is 4.36. The molecule has 0 radical (unpaired) electrons. The molecule has 0 aliphatic carbocycles. The summed E-state index contributed by atoms with van der Waals surface area (Å²) in [5.41, 5.74) is 2.97. The van der Waals surface area contributed by atoms with Crippen molar-refractivity contribution in [1.82, 2.24) is 15.2 Å². The first kappa shape index (κ1) is 15.9. The molecule has 1 heterocycles. The third kappa shape index (κ3) is 3.32. The number of aromatic nitrogens is 3. The van der Waals surface area contributed by atoms with Gasteiger partial charge in [0.05, 0.1) is 14.2 Å². The summed E-state index contributed by atoms with van der Waals surface area (Å²) in [6.07, 6.45) is 0. The molecule has 6 heteroatoms. The lowest BCUT2D eigenvalue weighted by Gasteiger charge is -2.14. The van der Waals surface area contributed by atoms with Crippen molar-refractivity contribution in [1.29, 1.82) is 0 Å². The highest BCUT2D eigenvalue weighted by Crippen LogP contribution is 2.31. The number of nitrogens with zero attached hydrogens (tertiary/aromatic N) is 2. The molecule has 0 aliphatic rings. The Hall–Kier alpha value is -3.02. The minimum atomic E-state index is 0.622. The maximum atomic E-state index is 5.46. The Labute approximate surface area is 140 Å². The van der Waals surface area contributed by atoms with Gasteiger partial charge in [-0.3, -0.25) is 5.10 Å². The predicted octanol–water partition coefficient (Wildman–Crippen LogP) is 3.41. The van der Waals surface area contributed by atoms with Crippen LogP contribution in [0.5, 0.6) is 11.5 Å². The monoisotopic (exact) mass is 324 g/mol. The van der Waals surface area contributed by atoms with Gasteiger partial charge in [-0.25, -0.2) is 4.98 Å². The number of rotatable bonds is 6. The largest absolute Gasteiger partial charge is 0.493 e. The molecule has 0 saturated carbocycles. The molecule has 0 bridgehead atoms. The van der Waals surface area contributed by atoms with E-state index in [1.54, 1.807) is 14.2 Å². The van der Waals surface area contributed by atoms with Crippen molar-refractivity contribution in [2.75, 3.05) is 19.5 Å². The number of anilines is 1. The highest BCUT2D eigenvalue weighted by atomic mass is 16.5. The van der Waals surface area contributed by atoms with E-state index in [9.17, 15) is 0 Å². The summed E-state index contributed by atoms with van der Waals surface area (Å²) >= 11 is 0. The molecule has 3 rings (SSSR count). The zero-order valence-corrected chi connectivity index (χ0v) is 14.0. The van der Waals surface area contributed by atoms with Crippen molar-refractivity contribution in [2.24, 2.45) is 0 Å². The second-order valence-corrected chi connectivity index (χ2v) is 5.33. The van der Waals surface area contributed by atoms with Crippen molar-refractivity contribution in [3.8, 4) is 22.9 Å². The van der Waals surface area contributed by atoms with Crippen LogP contribution in [0.15, 0.2) is 42.5 Å². The van der Waals surface area contributed by atoms with Gasteiger partial charge in [0.25, 0.3) is 0 Å². The molecule has 24 heavy (non-hydrogen) atoms. The third-order valence-corrected chi connectivity index (χ3v) is 3.69. The van der Waals surface area contributed by atoms with E-state index in [2.05, 4.69) is 20.5 Å². The van der Waals surface area contributed by atoms with Crippen LogP contribution in [0.3, 0.4) is 0 Å². The van der Waals surface area contributed by atoms with Crippen LogP contribution in [0.25, 0.3) is 11.4 Å².